The van der Waals surface area contributed by atoms with E-state index in [1.54, 1.807) is 11.3 Å². The molecule has 0 spiro atoms. The lowest BCUT2D eigenvalue weighted by Crippen LogP contribution is -1.87. The molecule has 0 saturated carbocycles. The SMILES string of the molecule is Cc1sc(Cc2cccc(Br)c2)nc1-c1ccc(Br)cc1. The third-order valence-electron chi connectivity index (χ3n) is 3.20. The topological polar surface area (TPSA) is 12.9 Å². The van der Waals surface area contributed by atoms with E-state index in [9.17, 15) is 0 Å². The number of nitrogens with zero attached hydrogens (tertiary/aromatic N) is 1. The lowest BCUT2D eigenvalue weighted by molar-refractivity contribution is 1.14. The van der Waals surface area contributed by atoms with Gasteiger partial charge in [0, 0.05) is 25.8 Å². The highest BCUT2D eigenvalue weighted by Crippen LogP contribution is 2.29. The Balaban J connectivity index is 1.89. The Hall–Kier alpha value is -0.970. The molecule has 106 valence electrons. The van der Waals surface area contributed by atoms with E-state index < -0.39 is 0 Å². The molecule has 0 atom stereocenters. The zero-order valence-corrected chi connectivity index (χ0v) is 15.4. The van der Waals surface area contributed by atoms with Gasteiger partial charge in [-0.15, -0.1) is 11.3 Å². The van der Waals surface area contributed by atoms with Crippen LogP contribution in [0, 0.1) is 6.92 Å². The Bertz CT molecular complexity index is 763. The summed E-state index contributed by atoms with van der Waals surface area (Å²) >= 11 is 8.76. The largest absolute Gasteiger partial charge is 0.241 e. The van der Waals surface area contributed by atoms with Crippen molar-refractivity contribution in [3.63, 3.8) is 0 Å². The number of aromatic nitrogens is 1. The van der Waals surface area contributed by atoms with Gasteiger partial charge in [0.15, 0.2) is 0 Å². The number of rotatable bonds is 3. The molecule has 1 nitrogen and oxygen atoms in total. The van der Waals surface area contributed by atoms with E-state index in [0.717, 1.165) is 26.1 Å². The number of hydrogen-bond acceptors (Lipinski definition) is 2. The van der Waals surface area contributed by atoms with Crippen LogP contribution in [0.2, 0.25) is 0 Å². The molecule has 2 aromatic carbocycles. The Labute approximate surface area is 145 Å². The fraction of sp³-hybridized carbons (Fsp3) is 0.118. The van der Waals surface area contributed by atoms with Crippen molar-refractivity contribution in [3.05, 3.63) is 72.9 Å². The van der Waals surface area contributed by atoms with E-state index in [1.165, 1.54) is 16.0 Å². The Kier molecular flexibility index (Phi) is 4.57. The first-order valence-electron chi connectivity index (χ1n) is 6.58. The van der Waals surface area contributed by atoms with Crippen LogP contribution in [0.3, 0.4) is 0 Å². The molecule has 4 heteroatoms. The first-order chi connectivity index (χ1) is 10.1. The molecule has 3 rings (SSSR count). The number of halogens is 2. The number of aryl methyl sites for hydroxylation is 1. The van der Waals surface area contributed by atoms with Crippen LogP contribution in [-0.2, 0) is 6.42 Å². The van der Waals surface area contributed by atoms with Gasteiger partial charge >= 0.3 is 0 Å². The molecular formula is C17H13Br2NS. The molecule has 0 amide bonds. The van der Waals surface area contributed by atoms with Crippen LogP contribution >= 0.6 is 43.2 Å². The maximum absolute atomic E-state index is 4.82. The summed E-state index contributed by atoms with van der Waals surface area (Å²) in [6.07, 6.45) is 0.876. The van der Waals surface area contributed by atoms with E-state index in [1.807, 2.05) is 6.07 Å². The first kappa shape index (κ1) is 14.9. The van der Waals surface area contributed by atoms with Crippen molar-refractivity contribution >= 4 is 43.2 Å². The maximum Gasteiger partial charge on any atom is 0.0979 e. The summed E-state index contributed by atoms with van der Waals surface area (Å²) in [5.41, 5.74) is 3.55. The van der Waals surface area contributed by atoms with Gasteiger partial charge in [-0.3, -0.25) is 0 Å². The van der Waals surface area contributed by atoms with E-state index in [-0.39, 0.29) is 0 Å². The van der Waals surface area contributed by atoms with E-state index in [4.69, 9.17) is 4.98 Å². The molecule has 3 aromatic rings. The molecule has 1 aromatic heterocycles. The van der Waals surface area contributed by atoms with E-state index >= 15 is 0 Å². The summed E-state index contributed by atoms with van der Waals surface area (Å²) in [5, 5.41) is 1.16. The lowest BCUT2D eigenvalue weighted by Gasteiger charge is -1.99. The summed E-state index contributed by atoms with van der Waals surface area (Å²) < 4.78 is 2.20. The molecule has 0 N–H and O–H groups in total. The second-order valence-electron chi connectivity index (χ2n) is 4.83. The molecule has 21 heavy (non-hydrogen) atoms. The smallest absolute Gasteiger partial charge is 0.0979 e. The van der Waals surface area contributed by atoms with Gasteiger partial charge in [0.25, 0.3) is 0 Å². The zero-order chi connectivity index (χ0) is 14.8. The van der Waals surface area contributed by atoms with Crippen LogP contribution < -0.4 is 0 Å². The van der Waals surface area contributed by atoms with Crippen LogP contribution in [-0.4, -0.2) is 4.98 Å². The molecule has 0 saturated heterocycles. The Morgan fingerprint density at radius 1 is 1.00 bits per heavy atom. The Morgan fingerprint density at radius 2 is 1.76 bits per heavy atom. The molecule has 0 aliphatic heterocycles. The van der Waals surface area contributed by atoms with Crippen molar-refractivity contribution in [2.75, 3.05) is 0 Å². The summed E-state index contributed by atoms with van der Waals surface area (Å²) in [4.78, 5) is 6.09. The van der Waals surface area contributed by atoms with Crippen molar-refractivity contribution in [2.24, 2.45) is 0 Å². The molecule has 1 heterocycles. The van der Waals surface area contributed by atoms with Crippen molar-refractivity contribution in [1.82, 2.24) is 4.98 Å². The summed E-state index contributed by atoms with van der Waals surface area (Å²) in [6, 6.07) is 16.7. The minimum atomic E-state index is 0.876. The molecule has 0 unspecified atom stereocenters. The summed E-state index contributed by atoms with van der Waals surface area (Å²) in [5.74, 6) is 0. The monoisotopic (exact) mass is 421 g/mol. The average molecular weight is 423 g/mol. The summed E-state index contributed by atoms with van der Waals surface area (Å²) in [6.45, 7) is 2.14. The van der Waals surface area contributed by atoms with Crippen LogP contribution in [0.1, 0.15) is 15.4 Å². The van der Waals surface area contributed by atoms with Crippen molar-refractivity contribution in [3.8, 4) is 11.3 Å². The van der Waals surface area contributed by atoms with Gasteiger partial charge in [-0.25, -0.2) is 4.98 Å². The van der Waals surface area contributed by atoms with Gasteiger partial charge < -0.3 is 0 Å². The van der Waals surface area contributed by atoms with E-state index in [2.05, 4.69) is 81.2 Å². The zero-order valence-electron chi connectivity index (χ0n) is 11.4. The predicted octanol–water partition coefficient (Wildman–Crippen LogP) is 6.23. The molecular weight excluding hydrogens is 410 g/mol. The van der Waals surface area contributed by atoms with Gasteiger partial charge in [-0.1, -0.05) is 56.1 Å². The van der Waals surface area contributed by atoms with Gasteiger partial charge in [-0.2, -0.15) is 0 Å². The third kappa shape index (κ3) is 3.62. The van der Waals surface area contributed by atoms with Gasteiger partial charge in [0.05, 0.1) is 10.7 Å². The highest BCUT2D eigenvalue weighted by molar-refractivity contribution is 9.10. The molecule has 0 aliphatic rings. The van der Waals surface area contributed by atoms with Crippen LogP contribution in [0.5, 0.6) is 0 Å². The molecule has 0 radical (unpaired) electrons. The third-order valence-corrected chi connectivity index (χ3v) is 5.20. The predicted molar refractivity (Wildman–Crippen MR) is 96.9 cm³/mol. The fourth-order valence-corrected chi connectivity index (χ4v) is 3.92. The number of benzene rings is 2. The van der Waals surface area contributed by atoms with E-state index in [0.29, 0.717) is 0 Å². The standard InChI is InChI=1S/C17H13Br2NS/c1-11-17(13-5-7-14(18)8-6-13)20-16(21-11)10-12-3-2-4-15(19)9-12/h2-9H,10H2,1H3. The second-order valence-corrected chi connectivity index (χ2v) is 7.95. The minimum absolute atomic E-state index is 0.876. The average Bonchev–Trinajstić information content (AvgIpc) is 2.80. The molecule has 0 fully saturated rings. The van der Waals surface area contributed by atoms with Crippen LogP contribution in [0.4, 0.5) is 0 Å². The van der Waals surface area contributed by atoms with Crippen molar-refractivity contribution in [1.29, 1.82) is 0 Å². The van der Waals surface area contributed by atoms with Crippen LogP contribution in [0.15, 0.2) is 57.5 Å². The second kappa shape index (κ2) is 6.42. The number of hydrogen-bond donors (Lipinski definition) is 0. The lowest BCUT2D eigenvalue weighted by atomic mass is 10.1. The normalized spacial score (nSPS) is 10.8. The van der Waals surface area contributed by atoms with Gasteiger partial charge in [-0.05, 0) is 36.8 Å². The Morgan fingerprint density at radius 3 is 2.48 bits per heavy atom. The highest BCUT2D eigenvalue weighted by atomic mass is 79.9. The van der Waals surface area contributed by atoms with Crippen LogP contribution in [0.25, 0.3) is 11.3 Å². The molecule has 0 bridgehead atoms. The fourth-order valence-electron chi connectivity index (χ4n) is 2.22. The molecule has 0 aliphatic carbocycles. The van der Waals surface area contributed by atoms with Crippen molar-refractivity contribution in [2.45, 2.75) is 13.3 Å². The minimum Gasteiger partial charge on any atom is -0.241 e. The van der Waals surface area contributed by atoms with Gasteiger partial charge in [0.2, 0.25) is 0 Å². The highest BCUT2D eigenvalue weighted by Gasteiger charge is 2.10. The quantitative estimate of drug-likeness (QED) is 0.487. The summed E-state index contributed by atoms with van der Waals surface area (Å²) in [7, 11) is 0. The first-order valence-corrected chi connectivity index (χ1v) is 8.99. The number of thiazole rings is 1. The maximum atomic E-state index is 4.82. The van der Waals surface area contributed by atoms with Gasteiger partial charge in [0.1, 0.15) is 0 Å². The van der Waals surface area contributed by atoms with Crippen molar-refractivity contribution < 1.29 is 0 Å².